The summed E-state index contributed by atoms with van der Waals surface area (Å²) in [6.07, 6.45) is 1.53. The third-order valence-corrected chi connectivity index (χ3v) is 2.84. The minimum absolute atomic E-state index is 0.211. The lowest BCUT2D eigenvalue weighted by molar-refractivity contribution is 0.358. The first-order valence-corrected chi connectivity index (χ1v) is 6.13. The molecule has 0 atom stereocenters. The summed E-state index contributed by atoms with van der Waals surface area (Å²) in [5, 5.41) is 4.02. The quantitative estimate of drug-likeness (QED) is 0.899. The van der Waals surface area contributed by atoms with E-state index >= 15 is 0 Å². The molecule has 4 nitrogen and oxygen atoms in total. The zero-order valence-corrected chi connectivity index (χ0v) is 11.1. The lowest BCUT2D eigenvalue weighted by Crippen LogP contribution is -2.32. The minimum Gasteiger partial charge on any atom is -0.339 e. The second-order valence-corrected chi connectivity index (χ2v) is 5.32. The van der Waals surface area contributed by atoms with Crippen LogP contribution in [0.25, 0.3) is 11.4 Å². The Bertz CT molecular complexity index is 526. The van der Waals surface area contributed by atoms with Crippen molar-refractivity contribution in [3.8, 4) is 11.4 Å². The van der Waals surface area contributed by atoms with Crippen molar-refractivity contribution in [1.29, 1.82) is 0 Å². The van der Waals surface area contributed by atoms with Crippen LogP contribution in [0.1, 0.15) is 31.7 Å². The second-order valence-electron chi connectivity index (χ2n) is 5.32. The van der Waals surface area contributed by atoms with Crippen LogP contribution >= 0.6 is 0 Å². The summed E-state index contributed by atoms with van der Waals surface area (Å²) < 4.78 is 5.25. The van der Waals surface area contributed by atoms with Crippen molar-refractivity contribution in [1.82, 2.24) is 10.1 Å². The second kappa shape index (κ2) is 4.90. The largest absolute Gasteiger partial charge is 0.339 e. The Balaban J connectivity index is 2.14. The third-order valence-electron chi connectivity index (χ3n) is 2.84. The van der Waals surface area contributed by atoms with Crippen molar-refractivity contribution in [2.45, 2.75) is 39.2 Å². The van der Waals surface area contributed by atoms with Crippen LogP contribution < -0.4 is 5.73 Å². The van der Waals surface area contributed by atoms with Crippen LogP contribution in [0.15, 0.2) is 28.8 Å². The molecule has 0 bridgehead atoms. The molecule has 0 aliphatic heterocycles. The first kappa shape index (κ1) is 12.8. The van der Waals surface area contributed by atoms with Crippen LogP contribution in [0.4, 0.5) is 0 Å². The standard InChI is InChI=1S/C14H19N3O/c1-10-6-4-5-7-11(10)13-16-12(18-17-13)8-9-14(2,3)15/h4-7H,8-9,15H2,1-3H3. The number of aryl methyl sites for hydroxylation is 2. The fraction of sp³-hybridized carbons (Fsp3) is 0.429. The predicted octanol–water partition coefficient (Wildman–Crippen LogP) is 2.71. The molecule has 4 heteroatoms. The molecule has 0 saturated carbocycles. The van der Waals surface area contributed by atoms with E-state index in [0.717, 1.165) is 17.5 Å². The molecule has 0 amide bonds. The molecule has 0 unspecified atom stereocenters. The van der Waals surface area contributed by atoms with Crippen molar-refractivity contribution in [3.05, 3.63) is 35.7 Å². The predicted molar refractivity (Wildman–Crippen MR) is 71.1 cm³/mol. The fourth-order valence-electron chi connectivity index (χ4n) is 1.72. The van der Waals surface area contributed by atoms with Crippen molar-refractivity contribution in [3.63, 3.8) is 0 Å². The summed E-state index contributed by atoms with van der Waals surface area (Å²) in [6, 6.07) is 8.00. The van der Waals surface area contributed by atoms with E-state index in [1.165, 1.54) is 0 Å². The van der Waals surface area contributed by atoms with Gasteiger partial charge in [0.2, 0.25) is 11.7 Å². The molecule has 96 valence electrons. The van der Waals surface area contributed by atoms with Crippen molar-refractivity contribution in [2.24, 2.45) is 5.73 Å². The highest BCUT2D eigenvalue weighted by molar-refractivity contribution is 5.58. The van der Waals surface area contributed by atoms with Gasteiger partial charge in [0.05, 0.1) is 0 Å². The Morgan fingerprint density at radius 1 is 1.28 bits per heavy atom. The Morgan fingerprint density at radius 2 is 2.00 bits per heavy atom. The van der Waals surface area contributed by atoms with Gasteiger partial charge in [-0.2, -0.15) is 4.98 Å². The maximum Gasteiger partial charge on any atom is 0.227 e. The van der Waals surface area contributed by atoms with E-state index in [1.807, 2.05) is 45.0 Å². The highest BCUT2D eigenvalue weighted by atomic mass is 16.5. The zero-order chi connectivity index (χ0) is 13.2. The number of nitrogens with two attached hydrogens (primary N) is 1. The minimum atomic E-state index is -0.211. The summed E-state index contributed by atoms with van der Waals surface area (Å²) >= 11 is 0. The van der Waals surface area contributed by atoms with E-state index in [-0.39, 0.29) is 5.54 Å². The van der Waals surface area contributed by atoms with Gasteiger partial charge in [0, 0.05) is 17.5 Å². The van der Waals surface area contributed by atoms with Gasteiger partial charge < -0.3 is 10.3 Å². The van der Waals surface area contributed by atoms with Gasteiger partial charge in [-0.1, -0.05) is 29.4 Å². The van der Waals surface area contributed by atoms with Gasteiger partial charge in [0.25, 0.3) is 0 Å². The van der Waals surface area contributed by atoms with Gasteiger partial charge >= 0.3 is 0 Å². The third kappa shape index (κ3) is 3.17. The first-order chi connectivity index (χ1) is 8.46. The SMILES string of the molecule is Cc1ccccc1-c1noc(CCC(C)(C)N)n1. The smallest absolute Gasteiger partial charge is 0.227 e. The van der Waals surface area contributed by atoms with Crippen LogP contribution in [0.3, 0.4) is 0 Å². The molecule has 1 heterocycles. The molecule has 1 aromatic carbocycles. The molecule has 0 aliphatic rings. The fourth-order valence-corrected chi connectivity index (χ4v) is 1.72. The van der Waals surface area contributed by atoms with E-state index in [4.69, 9.17) is 10.3 Å². The van der Waals surface area contributed by atoms with Crippen LogP contribution in [-0.2, 0) is 6.42 Å². The maximum absolute atomic E-state index is 5.94. The summed E-state index contributed by atoms with van der Waals surface area (Å²) in [4.78, 5) is 4.41. The van der Waals surface area contributed by atoms with Crippen molar-refractivity contribution in [2.75, 3.05) is 0 Å². The molecule has 0 aliphatic carbocycles. The molecule has 0 radical (unpaired) electrons. The number of hydrogen-bond acceptors (Lipinski definition) is 4. The van der Waals surface area contributed by atoms with Crippen molar-refractivity contribution < 1.29 is 4.52 Å². The molecule has 2 N–H and O–H groups in total. The van der Waals surface area contributed by atoms with Gasteiger partial charge in [-0.15, -0.1) is 0 Å². The van der Waals surface area contributed by atoms with Crippen molar-refractivity contribution >= 4 is 0 Å². The maximum atomic E-state index is 5.94. The Labute approximate surface area is 107 Å². The summed E-state index contributed by atoms with van der Waals surface area (Å²) in [6.45, 7) is 6.02. The number of benzene rings is 1. The molecule has 0 saturated heterocycles. The van der Waals surface area contributed by atoms with Gasteiger partial charge in [-0.25, -0.2) is 0 Å². The average molecular weight is 245 g/mol. The highest BCUT2D eigenvalue weighted by Gasteiger charge is 2.15. The number of aromatic nitrogens is 2. The van der Waals surface area contributed by atoms with Crippen LogP contribution in [0, 0.1) is 6.92 Å². The van der Waals surface area contributed by atoms with E-state index in [2.05, 4.69) is 10.1 Å². The molecule has 0 spiro atoms. The van der Waals surface area contributed by atoms with E-state index in [9.17, 15) is 0 Å². The molecule has 2 rings (SSSR count). The van der Waals surface area contributed by atoms with E-state index in [1.54, 1.807) is 0 Å². The van der Waals surface area contributed by atoms with Gasteiger partial charge in [0.1, 0.15) is 0 Å². The topological polar surface area (TPSA) is 64.9 Å². The van der Waals surface area contributed by atoms with Gasteiger partial charge in [-0.05, 0) is 32.8 Å². The number of hydrogen-bond donors (Lipinski definition) is 1. The van der Waals surface area contributed by atoms with E-state index in [0.29, 0.717) is 18.1 Å². The molecular weight excluding hydrogens is 226 g/mol. The van der Waals surface area contributed by atoms with Gasteiger partial charge in [-0.3, -0.25) is 0 Å². The normalized spacial score (nSPS) is 11.8. The molecular formula is C14H19N3O. The Kier molecular flexibility index (Phi) is 3.48. The molecule has 18 heavy (non-hydrogen) atoms. The summed E-state index contributed by atoms with van der Waals surface area (Å²) in [5.74, 6) is 1.30. The summed E-state index contributed by atoms with van der Waals surface area (Å²) in [7, 11) is 0. The van der Waals surface area contributed by atoms with Gasteiger partial charge in [0.15, 0.2) is 0 Å². The van der Waals surface area contributed by atoms with Crippen LogP contribution in [0.5, 0.6) is 0 Å². The van der Waals surface area contributed by atoms with Crippen LogP contribution in [-0.4, -0.2) is 15.7 Å². The summed E-state index contributed by atoms with van der Waals surface area (Å²) in [5.41, 5.74) is 7.88. The Hall–Kier alpha value is -1.68. The first-order valence-electron chi connectivity index (χ1n) is 6.13. The molecule has 0 fully saturated rings. The van der Waals surface area contributed by atoms with Crippen LogP contribution in [0.2, 0.25) is 0 Å². The number of nitrogens with zero attached hydrogens (tertiary/aromatic N) is 2. The average Bonchev–Trinajstić information content (AvgIpc) is 2.75. The lowest BCUT2D eigenvalue weighted by atomic mass is 10.0. The molecule has 2 aromatic rings. The monoisotopic (exact) mass is 245 g/mol. The lowest BCUT2D eigenvalue weighted by Gasteiger charge is -2.16. The zero-order valence-electron chi connectivity index (χ0n) is 11.1. The Morgan fingerprint density at radius 3 is 2.67 bits per heavy atom. The van der Waals surface area contributed by atoms with E-state index < -0.39 is 0 Å². The molecule has 1 aromatic heterocycles. The highest BCUT2D eigenvalue weighted by Crippen LogP contribution is 2.20. The number of rotatable bonds is 4.